The quantitative estimate of drug-likeness (QED) is 0.775. The molecule has 1 heterocycles. The molecule has 0 saturated carbocycles. The zero-order chi connectivity index (χ0) is 12.0. The van der Waals surface area contributed by atoms with E-state index in [2.05, 4.69) is 17.2 Å². The summed E-state index contributed by atoms with van der Waals surface area (Å²) in [5.41, 5.74) is 1.80. The molecule has 1 atom stereocenters. The number of aryl methyl sites for hydroxylation is 1. The lowest BCUT2D eigenvalue weighted by molar-refractivity contribution is 0.176. The maximum absolute atomic E-state index is 9.62. The molecule has 4 heteroatoms. The molecule has 0 aliphatic rings. The second kappa shape index (κ2) is 6.33. The van der Waals surface area contributed by atoms with E-state index in [4.69, 9.17) is 4.74 Å². The molecular weight excluding hydrogens is 204 g/mol. The van der Waals surface area contributed by atoms with Crippen molar-refractivity contribution in [3.05, 3.63) is 18.0 Å². The van der Waals surface area contributed by atoms with E-state index in [0.717, 1.165) is 24.2 Å². The normalized spacial score (nSPS) is 12.2. The van der Waals surface area contributed by atoms with Crippen LogP contribution >= 0.6 is 0 Å². The van der Waals surface area contributed by atoms with E-state index in [0.29, 0.717) is 12.3 Å². The van der Waals surface area contributed by atoms with Crippen molar-refractivity contribution in [3.63, 3.8) is 0 Å². The largest absolute Gasteiger partial charge is 0.493 e. The molecule has 0 saturated heterocycles. The molecule has 0 aliphatic heterocycles. The Bertz CT molecular complexity index is 329. The van der Waals surface area contributed by atoms with Crippen molar-refractivity contribution in [2.45, 2.75) is 32.8 Å². The van der Waals surface area contributed by atoms with Gasteiger partial charge in [0.05, 0.1) is 25.1 Å². The predicted octanol–water partition coefficient (Wildman–Crippen LogP) is 1.97. The summed E-state index contributed by atoms with van der Waals surface area (Å²) >= 11 is 0. The van der Waals surface area contributed by atoms with Crippen LogP contribution in [0.25, 0.3) is 0 Å². The molecule has 2 N–H and O–H groups in total. The van der Waals surface area contributed by atoms with Gasteiger partial charge in [0.1, 0.15) is 0 Å². The number of aliphatic hydroxyl groups is 1. The second-order valence-corrected chi connectivity index (χ2v) is 3.85. The molecule has 0 amide bonds. The van der Waals surface area contributed by atoms with Gasteiger partial charge in [0.15, 0.2) is 5.75 Å². The van der Waals surface area contributed by atoms with E-state index in [1.807, 2.05) is 13.0 Å². The number of aromatic nitrogens is 1. The number of pyridine rings is 1. The number of methoxy groups -OCH3 is 1. The van der Waals surface area contributed by atoms with E-state index >= 15 is 0 Å². The molecule has 0 radical (unpaired) electrons. The van der Waals surface area contributed by atoms with Gasteiger partial charge >= 0.3 is 0 Å². The molecule has 1 rings (SSSR count). The van der Waals surface area contributed by atoms with E-state index in [-0.39, 0.29) is 6.10 Å². The Morgan fingerprint density at radius 2 is 2.31 bits per heavy atom. The number of hydrogen-bond acceptors (Lipinski definition) is 4. The maximum atomic E-state index is 9.62. The van der Waals surface area contributed by atoms with Gasteiger partial charge in [-0.3, -0.25) is 4.98 Å². The summed E-state index contributed by atoms with van der Waals surface area (Å²) in [4.78, 5) is 4.15. The molecule has 0 spiro atoms. The van der Waals surface area contributed by atoms with Crippen molar-refractivity contribution < 1.29 is 9.84 Å². The van der Waals surface area contributed by atoms with Crippen LogP contribution in [0.5, 0.6) is 5.75 Å². The van der Waals surface area contributed by atoms with Crippen molar-refractivity contribution in [3.8, 4) is 5.75 Å². The minimum atomic E-state index is -0.317. The molecule has 1 unspecified atom stereocenters. The predicted molar refractivity (Wildman–Crippen MR) is 64.9 cm³/mol. The van der Waals surface area contributed by atoms with Crippen LogP contribution in [-0.4, -0.2) is 29.8 Å². The number of ether oxygens (including phenoxy) is 1. The van der Waals surface area contributed by atoms with Gasteiger partial charge in [-0.05, 0) is 19.4 Å². The van der Waals surface area contributed by atoms with E-state index in [1.54, 1.807) is 13.3 Å². The Hall–Kier alpha value is -1.29. The SMILES string of the molecule is CCCC(O)CNc1cc(C)ncc1OC. The maximum Gasteiger partial charge on any atom is 0.160 e. The Balaban J connectivity index is 2.61. The highest BCUT2D eigenvalue weighted by molar-refractivity contribution is 5.55. The fourth-order valence-corrected chi connectivity index (χ4v) is 1.51. The summed E-state index contributed by atoms with van der Waals surface area (Å²) in [6.45, 7) is 4.52. The number of anilines is 1. The third-order valence-corrected chi connectivity index (χ3v) is 2.37. The van der Waals surface area contributed by atoms with Gasteiger partial charge in [-0.2, -0.15) is 0 Å². The standard InChI is InChI=1S/C12H20N2O2/c1-4-5-10(15)7-14-11-6-9(2)13-8-12(11)16-3/h6,8,10,15H,4-5,7H2,1-3H3,(H,13,14). The molecule has 0 bridgehead atoms. The fourth-order valence-electron chi connectivity index (χ4n) is 1.51. The van der Waals surface area contributed by atoms with E-state index in [9.17, 15) is 5.11 Å². The van der Waals surface area contributed by atoms with E-state index in [1.165, 1.54) is 0 Å². The third-order valence-electron chi connectivity index (χ3n) is 2.37. The summed E-state index contributed by atoms with van der Waals surface area (Å²) in [5, 5.41) is 12.8. The van der Waals surface area contributed by atoms with Crippen LogP contribution in [0.1, 0.15) is 25.5 Å². The summed E-state index contributed by atoms with van der Waals surface area (Å²) in [6.07, 6.45) is 3.15. The Morgan fingerprint density at radius 3 is 2.94 bits per heavy atom. The summed E-state index contributed by atoms with van der Waals surface area (Å²) in [6, 6.07) is 1.91. The molecule has 4 nitrogen and oxygen atoms in total. The first-order valence-corrected chi connectivity index (χ1v) is 5.60. The van der Waals surface area contributed by atoms with Crippen LogP contribution in [-0.2, 0) is 0 Å². The second-order valence-electron chi connectivity index (χ2n) is 3.85. The molecular formula is C12H20N2O2. The van der Waals surface area contributed by atoms with Crippen LogP contribution in [0, 0.1) is 6.92 Å². The molecule has 1 aromatic heterocycles. The van der Waals surface area contributed by atoms with Gasteiger partial charge in [0.2, 0.25) is 0 Å². The number of rotatable bonds is 6. The minimum Gasteiger partial charge on any atom is -0.493 e. The van der Waals surface area contributed by atoms with Gasteiger partial charge in [0, 0.05) is 12.2 Å². The third kappa shape index (κ3) is 3.70. The Labute approximate surface area is 96.7 Å². The van der Waals surface area contributed by atoms with Crippen LogP contribution < -0.4 is 10.1 Å². The van der Waals surface area contributed by atoms with Crippen molar-refractivity contribution >= 4 is 5.69 Å². The molecule has 0 fully saturated rings. The Kier molecular flexibility index (Phi) is 5.05. The molecule has 90 valence electrons. The molecule has 1 aromatic rings. The number of hydrogen-bond donors (Lipinski definition) is 2. The summed E-state index contributed by atoms with van der Waals surface area (Å²) in [7, 11) is 1.61. The smallest absolute Gasteiger partial charge is 0.160 e. The van der Waals surface area contributed by atoms with Gasteiger partial charge in [0.25, 0.3) is 0 Å². The number of nitrogens with zero attached hydrogens (tertiary/aromatic N) is 1. The van der Waals surface area contributed by atoms with Crippen molar-refractivity contribution in [1.82, 2.24) is 4.98 Å². The summed E-state index contributed by atoms with van der Waals surface area (Å²) < 4.78 is 5.19. The first-order valence-electron chi connectivity index (χ1n) is 5.60. The molecule has 16 heavy (non-hydrogen) atoms. The molecule has 0 aliphatic carbocycles. The van der Waals surface area contributed by atoms with Gasteiger partial charge in [-0.15, -0.1) is 0 Å². The van der Waals surface area contributed by atoms with Crippen LogP contribution in [0.2, 0.25) is 0 Å². The topological polar surface area (TPSA) is 54.4 Å². The van der Waals surface area contributed by atoms with Gasteiger partial charge in [-0.25, -0.2) is 0 Å². The number of aliphatic hydroxyl groups excluding tert-OH is 1. The van der Waals surface area contributed by atoms with Crippen molar-refractivity contribution in [1.29, 1.82) is 0 Å². The lowest BCUT2D eigenvalue weighted by Gasteiger charge is -2.14. The highest BCUT2D eigenvalue weighted by Gasteiger charge is 2.06. The highest BCUT2D eigenvalue weighted by Crippen LogP contribution is 2.23. The van der Waals surface area contributed by atoms with Crippen LogP contribution in [0.15, 0.2) is 12.3 Å². The fraction of sp³-hybridized carbons (Fsp3) is 0.583. The molecule has 0 aromatic carbocycles. The average molecular weight is 224 g/mol. The van der Waals surface area contributed by atoms with Crippen LogP contribution in [0.4, 0.5) is 5.69 Å². The van der Waals surface area contributed by atoms with Crippen molar-refractivity contribution in [2.24, 2.45) is 0 Å². The lowest BCUT2D eigenvalue weighted by Crippen LogP contribution is -2.19. The monoisotopic (exact) mass is 224 g/mol. The average Bonchev–Trinajstić information content (AvgIpc) is 2.27. The first kappa shape index (κ1) is 12.8. The van der Waals surface area contributed by atoms with Crippen LogP contribution in [0.3, 0.4) is 0 Å². The first-order chi connectivity index (χ1) is 7.67. The van der Waals surface area contributed by atoms with Gasteiger partial charge in [-0.1, -0.05) is 13.3 Å². The zero-order valence-electron chi connectivity index (χ0n) is 10.2. The lowest BCUT2D eigenvalue weighted by atomic mass is 10.2. The zero-order valence-corrected chi connectivity index (χ0v) is 10.2. The van der Waals surface area contributed by atoms with Gasteiger partial charge < -0.3 is 15.2 Å². The van der Waals surface area contributed by atoms with E-state index < -0.39 is 0 Å². The number of nitrogens with one attached hydrogen (secondary N) is 1. The highest BCUT2D eigenvalue weighted by atomic mass is 16.5. The van der Waals surface area contributed by atoms with Crippen molar-refractivity contribution in [2.75, 3.05) is 19.0 Å². The minimum absolute atomic E-state index is 0.317. The Morgan fingerprint density at radius 1 is 1.56 bits per heavy atom. The summed E-state index contributed by atoms with van der Waals surface area (Å²) in [5.74, 6) is 0.703.